The van der Waals surface area contributed by atoms with Crippen LogP contribution in [0.4, 0.5) is 4.79 Å². The highest BCUT2D eigenvalue weighted by Crippen LogP contribution is 2.23. The zero-order valence-corrected chi connectivity index (χ0v) is 7.25. The first-order chi connectivity index (χ1) is 6.27. The third-order valence-corrected chi connectivity index (χ3v) is 2.59. The van der Waals surface area contributed by atoms with Gasteiger partial charge in [0.15, 0.2) is 0 Å². The van der Waals surface area contributed by atoms with Gasteiger partial charge < -0.3 is 5.32 Å². The van der Waals surface area contributed by atoms with E-state index in [2.05, 4.69) is 22.8 Å². The maximum Gasteiger partial charge on any atom is 0.322 e. The van der Waals surface area contributed by atoms with Crippen LogP contribution in [0.2, 0.25) is 0 Å². The zero-order valence-electron chi connectivity index (χ0n) is 7.25. The standard InChI is InChI=1S/C9H12N2O2/c12-8-7(10-9(13)11-8)6-4-2-1-3-5-6/h1-2,6-7H,3-5H2,(H2,10,11,12,13)/t6-,7-/m0/s1. The lowest BCUT2D eigenvalue weighted by molar-refractivity contribution is -0.121. The minimum Gasteiger partial charge on any atom is -0.326 e. The largest absolute Gasteiger partial charge is 0.326 e. The van der Waals surface area contributed by atoms with Crippen molar-refractivity contribution in [3.63, 3.8) is 0 Å². The first-order valence-electron chi connectivity index (χ1n) is 4.54. The molecule has 13 heavy (non-hydrogen) atoms. The second-order valence-electron chi connectivity index (χ2n) is 3.48. The molecule has 2 rings (SSSR count). The SMILES string of the molecule is O=C1NC(=O)[C@H]([C@H]2CC=CCC2)N1. The fourth-order valence-corrected chi connectivity index (χ4v) is 1.88. The quantitative estimate of drug-likeness (QED) is 0.457. The Kier molecular flexibility index (Phi) is 2.04. The fourth-order valence-electron chi connectivity index (χ4n) is 1.88. The van der Waals surface area contributed by atoms with Gasteiger partial charge in [-0.25, -0.2) is 4.79 Å². The highest BCUT2D eigenvalue weighted by atomic mass is 16.2. The van der Waals surface area contributed by atoms with Gasteiger partial charge in [0.2, 0.25) is 0 Å². The topological polar surface area (TPSA) is 58.2 Å². The van der Waals surface area contributed by atoms with Gasteiger partial charge >= 0.3 is 6.03 Å². The average Bonchev–Trinajstić information content (AvgIpc) is 2.47. The molecular weight excluding hydrogens is 168 g/mol. The second kappa shape index (κ2) is 3.20. The van der Waals surface area contributed by atoms with Crippen molar-refractivity contribution >= 4 is 11.9 Å². The van der Waals surface area contributed by atoms with Crippen LogP contribution in [0.15, 0.2) is 12.2 Å². The highest BCUT2D eigenvalue weighted by Gasteiger charge is 2.35. The number of nitrogens with one attached hydrogen (secondary N) is 2. The van der Waals surface area contributed by atoms with E-state index in [9.17, 15) is 9.59 Å². The molecule has 0 saturated carbocycles. The summed E-state index contributed by atoms with van der Waals surface area (Å²) in [7, 11) is 0. The Hall–Kier alpha value is -1.32. The first-order valence-corrected chi connectivity index (χ1v) is 4.54. The van der Waals surface area contributed by atoms with Crippen molar-refractivity contribution in [3.8, 4) is 0 Å². The number of imide groups is 1. The normalized spacial score (nSPS) is 32.9. The van der Waals surface area contributed by atoms with Crippen LogP contribution in [0, 0.1) is 5.92 Å². The molecule has 0 unspecified atom stereocenters. The Labute approximate surface area is 76.4 Å². The van der Waals surface area contributed by atoms with Crippen molar-refractivity contribution in [1.82, 2.24) is 10.6 Å². The molecule has 70 valence electrons. The van der Waals surface area contributed by atoms with Crippen molar-refractivity contribution in [2.75, 3.05) is 0 Å². The Morgan fingerprint density at radius 1 is 1.31 bits per heavy atom. The van der Waals surface area contributed by atoms with E-state index in [4.69, 9.17) is 0 Å². The Balaban J connectivity index is 2.04. The van der Waals surface area contributed by atoms with Gasteiger partial charge in [0.1, 0.15) is 6.04 Å². The molecule has 0 spiro atoms. The molecule has 2 N–H and O–H groups in total. The molecule has 3 amide bonds. The van der Waals surface area contributed by atoms with Crippen LogP contribution in [0.5, 0.6) is 0 Å². The minimum atomic E-state index is -0.357. The van der Waals surface area contributed by atoms with E-state index in [-0.39, 0.29) is 23.9 Å². The van der Waals surface area contributed by atoms with E-state index >= 15 is 0 Å². The summed E-state index contributed by atoms with van der Waals surface area (Å²) in [4.78, 5) is 22.1. The van der Waals surface area contributed by atoms with Crippen LogP contribution < -0.4 is 10.6 Å². The number of amides is 3. The lowest BCUT2D eigenvalue weighted by atomic mass is 9.88. The summed E-state index contributed by atoms with van der Waals surface area (Å²) in [6.45, 7) is 0. The van der Waals surface area contributed by atoms with Crippen molar-refractivity contribution in [2.24, 2.45) is 5.92 Å². The number of carbonyl (C=O) groups is 2. The van der Waals surface area contributed by atoms with Crippen molar-refractivity contribution in [1.29, 1.82) is 0 Å². The van der Waals surface area contributed by atoms with Crippen LogP contribution in [0.25, 0.3) is 0 Å². The predicted molar refractivity (Wildman–Crippen MR) is 46.9 cm³/mol. The molecule has 1 heterocycles. The second-order valence-corrected chi connectivity index (χ2v) is 3.48. The van der Waals surface area contributed by atoms with Crippen molar-refractivity contribution in [2.45, 2.75) is 25.3 Å². The summed E-state index contributed by atoms with van der Waals surface area (Å²) in [5, 5.41) is 4.89. The lowest BCUT2D eigenvalue weighted by Crippen LogP contribution is -2.37. The van der Waals surface area contributed by atoms with Gasteiger partial charge in [0, 0.05) is 0 Å². The predicted octanol–water partition coefficient (Wildman–Crippen LogP) is 0.551. The van der Waals surface area contributed by atoms with Gasteiger partial charge in [0.25, 0.3) is 5.91 Å². The molecule has 4 nitrogen and oxygen atoms in total. The lowest BCUT2D eigenvalue weighted by Gasteiger charge is -2.21. The molecule has 1 aliphatic heterocycles. The average molecular weight is 180 g/mol. The summed E-state index contributed by atoms with van der Waals surface area (Å²) in [5.74, 6) is 0.0988. The van der Waals surface area contributed by atoms with Crippen molar-refractivity contribution in [3.05, 3.63) is 12.2 Å². The monoisotopic (exact) mass is 180 g/mol. The van der Waals surface area contributed by atoms with E-state index in [0.29, 0.717) is 0 Å². The number of hydrogen-bond donors (Lipinski definition) is 2. The number of urea groups is 1. The fraction of sp³-hybridized carbons (Fsp3) is 0.556. The number of allylic oxidation sites excluding steroid dienone is 2. The number of carbonyl (C=O) groups excluding carboxylic acids is 2. The van der Waals surface area contributed by atoms with Gasteiger partial charge in [-0.05, 0) is 25.2 Å². The molecule has 2 atom stereocenters. The van der Waals surface area contributed by atoms with E-state index in [1.165, 1.54) is 0 Å². The Morgan fingerprint density at radius 2 is 2.15 bits per heavy atom. The molecule has 0 aromatic rings. The smallest absolute Gasteiger partial charge is 0.322 e. The highest BCUT2D eigenvalue weighted by molar-refractivity contribution is 6.04. The van der Waals surface area contributed by atoms with Crippen LogP contribution in [0.1, 0.15) is 19.3 Å². The molecule has 1 aliphatic carbocycles. The Morgan fingerprint density at radius 3 is 2.69 bits per heavy atom. The molecule has 4 heteroatoms. The molecule has 1 fully saturated rings. The molecule has 2 aliphatic rings. The van der Waals surface area contributed by atoms with E-state index < -0.39 is 0 Å². The first kappa shape index (κ1) is 8.29. The molecule has 0 aromatic heterocycles. The van der Waals surface area contributed by atoms with Gasteiger partial charge in [-0.15, -0.1) is 0 Å². The maximum atomic E-state index is 11.3. The number of rotatable bonds is 1. The van der Waals surface area contributed by atoms with Crippen LogP contribution >= 0.6 is 0 Å². The van der Waals surface area contributed by atoms with Crippen LogP contribution in [0.3, 0.4) is 0 Å². The molecular formula is C9H12N2O2. The van der Waals surface area contributed by atoms with Crippen LogP contribution in [-0.4, -0.2) is 18.0 Å². The molecule has 0 radical (unpaired) electrons. The summed E-state index contributed by atoms with van der Waals surface area (Å²) < 4.78 is 0. The minimum absolute atomic E-state index is 0.176. The van der Waals surface area contributed by atoms with Crippen LogP contribution in [-0.2, 0) is 4.79 Å². The van der Waals surface area contributed by atoms with Gasteiger partial charge in [-0.2, -0.15) is 0 Å². The Bertz CT molecular complexity index is 273. The summed E-state index contributed by atoms with van der Waals surface area (Å²) in [6.07, 6.45) is 7.06. The molecule has 1 saturated heterocycles. The van der Waals surface area contributed by atoms with Gasteiger partial charge in [0.05, 0.1) is 0 Å². The third-order valence-electron chi connectivity index (χ3n) is 2.59. The molecule has 0 bridgehead atoms. The molecule has 0 aromatic carbocycles. The number of hydrogen-bond acceptors (Lipinski definition) is 2. The summed E-state index contributed by atoms with van der Waals surface area (Å²) in [5.41, 5.74) is 0. The van der Waals surface area contributed by atoms with Crippen molar-refractivity contribution < 1.29 is 9.59 Å². The maximum absolute atomic E-state index is 11.3. The van der Waals surface area contributed by atoms with Gasteiger partial charge in [-0.1, -0.05) is 12.2 Å². The van der Waals surface area contributed by atoms with Gasteiger partial charge in [-0.3, -0.25) is 10.1 Å². The zero-order chi connectivity index (χ0) is 9.26. The summed E-state index contributed by atoms with van der Waals surface area (Å²) >= 11 is 0. The van der Waals surface area contributed by atoms with E-state index in [1.807, 2.05) is 0 Å². The third kappa shape index (κ3) is 1.56. The summed E-state index contributed by atoms with van der Waals surface area (Å²) in [6, 6.07) is -0.665. The van der Waals surface area contributed by atoms with E-state index in [1.54, 1.807) is 0 Å². The van der Waals surface area contributed by atoms with E-state index in [0.717, 1.165) is 19.3 Å².